The number of rotatable bonds is 6. The monoisotopic (exact) mass is 217 g/mol. The highest BCUT2D eigenvalue weighted by atomic mass is 16.5. The zero-order valence-corrected chi connectivity index (χ0v) is 9.19. The normalized spacial score (nSPS) is 21.9. The third-order valence-corrected chi connectivity index (χ3v) is 2.59. The zero-order valence-electron chi connectivity index (χ0n) is 9.19. The van der Waals surface area contributed by atoms with Gasteiger partial charge in [-0.05, 0) is 25.7 Å². The van der Waals surface area contributed by atoms with Gasteiger partial charge < -0.3 is 20.3 Å². The maximum Gasteiger partial charge on any atom is 0.323 e. The van der Waals surface area contributed by atoms with Crippen LogP contribution < -0.4 is 5.32 Å². The summed E-state index contributed by atoms with van der Waals surface area (Å²) in [5.41, 5.74) is -1.19. The molecule has 1 aliphatic carbocycles. The molecule has 0 aromatic rings. The first-order valence-electron chi connectivity index (χ1n) is 5.14. The van der Waals surface area contributed by atoms with Crippen molar-refractivity contribution in [2.75, 3.05) is 20.3 Å². The first-order valence-corrected chi connectivity index (χ1v) is 5.14. The molecule has 0 amide bonds. The van der Waals surface area contributed by atoms with Crippen molar-refractivity contribution in [3.8, 4) is 0 Å². The van der Waals surface area contributed by atoms with E-state index in [1.807, 2.05) is 0 Å². The van der Waals surface area contributed by atoms with E-state index in [4.69, 9.17) is 5.11 Å². The Morgan fingerprint density at radius 2 is 2.27 bits per heavy atom. The van der Waals surface area contributed by atoms with Crippen molar-refractivity contribution in [3.05, 3.63) is 0 Å². The maximum absolute atomic E-state index is 11.4. The van der Waals surface area contributed by atoms with Crippen molar-refractivity contribution in [3.63, 3.8) is 0 Å². The van der Waals surface area contributed by atoms with E-state index in [9.17, 15) is 9.90 Å². The molecule has 0 bridgehead atoms. The van der Waals surface area contributed by atoms with Crippen molar-refractivity contribution < 1.29 is 19.7 Å². The third-order valence-electron chi connectivity index (χ3n) is 2.59. The lowest BCUT2D eigenvalue weighted by molar-refractivity contribution is -0.144. The van der Waals surface area contributed by atoms with Crippen LogP contribution in [0.1, 0.15) is 19.8 Å². The lowest BCUT2D eigenvalue weighted by Crippen LogP contribution is -2.48. The molecule has 1 saturated carbocycles. The average molecular weight is 217 g/mol. The number of esters is 1. The first-order chi connectivity index (χ1) is 7.00. The molecule has 0 saturated heterocycles. The van der Waals surface area contributed by atoms with Crippen LogP contribution in [0.2, 0.25) is 0 Å². The molecule has 2 atom stereocenters. The van der Waals surface area contributed by atoms with E-state index in [-0.39, 0.29) is 25.2 Å². The van der Waals surface area contributed by atoms with Gasteiger partial charge in [-0.25, -0.2) is 0 Å². The van der Waals surface area contributed by atoms with E-state index in [1.165, 1.54) is 14.0 Å². The van der Waals surface area contributed by atoms with Gasteiger partial charge in [0.15, 0.2) is 0 Å². The number of ether oxygens (including phenoxy) is 1. The van der Waals surface area contributed by atoms with Gasteiger partial charge in [-0.2, -0.15) is 0 Å². The Balaban J connectivity index is 2.41. The topological polar surface area (TPSA) is 78.8 Å². The van der Waals surface area contributed by atoms with Crippen LogP contribution in [-0.4, -0.2) is 48.1 Å². The Labute approximate surface area is 89.4 Å². The fourth-order valence-corrected chi connectivity index (χ4v) is 1.38. The van der Waals surface area contributed by atoms with Crippen molar-refractivity contribution in [2.45, 2.75) is 31.4 Å². The van der Waals surface area contributed by atoms with Crippen LogP contribution in [0.5, 0.6) is 0 Å². The van der Waals surface area contributed by atoms with Crippen LogP contribution in [0, 0.1) is 5.92 Å². The zero-order chi connectivity index (χ0) is 11.5. The molecule has 15 heavy (non-hydrogen) atoms. The Morgan fingerprint density at radius 3 is 2.67 bits per heavy atom. The summed E-state index contributed by atoms with van der Waals surface area (Å²) in [5, 5.41) is 21.4. The lowest BCUT2D eigenvalue weighted by atomic mass is 10.1. The highest BCUT2D eigenvalue weighted by molar-refractivity contribution is 5.76. The van der Waals surface area contributed by atoms with E-state index in [0.29, 0.717) is 5.92 Å². The molecule has 0 spiro atoms. The summed E-state index contributed by atoms with van der Waals surface area (Å²) < 4.78 is 4.67. The van der Waals surface area contributed by atoms with Crippen LogP contribution in [0.25, 0.3) is 0 Å². The van der Waals surface area contributed by atoms with Crippen LogP contribution in [0.15, 0.2) is 0 Å². The van der Waals surface area contributed by atoms with Crippen LogP contribution in [0.4, 0.5) is 0 Å². The second-order valence-electron chi connectivity index (χ2n) is 4.37. The van der Waals surface area contributed by atoms with Gasteiger partial charge in [0, 0.05) is 6.54 Å². The molecule has 1 aliphatic rings. The SMILES string of the molecule is COC(=O)C(NCC(C)(O)CO)C1CC1. The van der Waals surface area contributed by atoms with Crippen LogP contribution in [-0.2, 0) is 9.53 Å². The highest BCUT2D eigenvalue weighted by Gasteiger charge is 2.37. The van der Waals surface area contributed by atoms with Gasteiger partial charge in [-0.15, -0.1) is 0 Å². The van der Waals surface area contributed by atoms with E-state index < -0.39 is 5.60 Å². The molecule has 1 rings (SSSR count). The van der Waals surface area contributed by atoms with Gasteiger partial charge in [0.2, 0.25) is 0 Å². The molecule has 88 valence electrons. The summed E-state index contributed by atoms with van der Waals surface area (Å²) in [6.45, 7) is 1.36. The van der Waals surface area contributed by atoms with Crippen molar-refractivity contribution in [2.24, 2.45) is 5.92 Å². The van der Waals surface area contributed by atoms with Gasteiger partial charge in [0.1, 0.15) is 6.04 Å². The predicted octanol–water partition coefficient (Wildman–Crippen LogP) is -0.729. The van der Waals surface area contributed by atoms with Crippen molar-refractivity contribution in [1.82, 2.24) is 5.32 Å². The second-order valence-corrected chi connectivity index (χ2v) is 4.37. The average Bonchev–Trinajstić information content (AvgIpc) is 3.01. The Morgan fingerprint density at radius 1 is 1.67 bits per heavy atom. The summed E-state index contributed by atoms with van der Waals surface area (Å²) in [4.78, 5) is 11.4. The molecule has 5 heteroatoms. The number of hydrogen-bond donors (Lipinski definition) is 3. The number of carbonyl (C=O) groups is 1. The summed E-state index contributed by atoms with van der Waals surface area (Å²) in [6, 6.07) is -0.354. The minimum absolute atomic E-state index is 0.180. The molecular weight excluding hydrogens is 198 g/mol. The van der Waals surface area contributed by atoms with Crippen LogP contribution in [0.3, 0.4) is 0 Å². The van der Waals surface area contributed by atoms with Gasteiger partial charge in [-0.3, -0.25) is 4.79 Å². The van der Waals surface area contributed by atoms with Gasteiger partial charge in [0.25, 0.3) is 0 Å². The van der Waals surface area contributed by atoms with Crippen molar-refractivity contribution in [1.29, 1.82) is 0 Å². The fourth-order valence-electron chi connectivity index (χ4n) is 1.38. The summed E-state index contributed by atoms with van der Waals surface area (Å²) in [7, 11) is 1.35. The van der Waals surface area contributed by atoms with Gasteiger partial charge in [0.05, 0.1) is 19.3 Å². The predicted molar refractivity (Wildman–Crippen MR) is 54.2 cm³/mol. The van der Waals surface area contributed by atoms with E-state index in [2.05, 4.69) is 10.1 Å². The molecule has 0 heterocycles. The summed E-state index contributed by atoms with van der Waals surface area (Å²) in [6.07, 6.45) is 2.02. The molecule has 5 nitrogen and oxygen atoms in total. The van der Waals surface area contributed by atoms with Crippen LogP contribution >= 0.6 is 0 Å². The highest BCUT2D eigenvalue weighted by Crippen LogP contribution is 2.33. The van der Waals surface area contributed by atoms with E-state index >= 15 is 0 Å². The first kappa shape index (κ1) is 12.4. The molecule has 0 aliphatic heterocycles. The third kappa shape index (κ3) is 3.77. The molecule has 0 radical (unpaired) electrons. The van der Waals surface area contributed by atoms with E-state index in [1.54, 1.807) is 0 Å². The molecule has 0 aromatic heterocycles. The minimum Gasteiger partial charge on any atom is -0.468 e. The molecule has 3 N–H and O–H groups in total. The molecule has 0 aromatic carbocycles. The lowest BCUT2D eigenvalue weighted by Gasteiger charge is -2.24. The Hall–Kier alpha value is -0.650. The quantitative estimate of drug-likeness (QED) is 0.511. The number of nitrogens with one attached hydrogen (secondary N) is 1. The van der Waals surface area contributed by atoms with Gasteiger partial charge >= 0.3 is 5.97 Å². The second kappa shape index (κ2) is 4.92. The Kier molecular flexibility index (Phi) is 4.07. The summed E-state index contributed by atoms with van der Waals surface area (Å²) in [5.74, 6) is 0.0122. The number of aliphatic hydroxyl groups is 2. The minimum atomic E-state index is -1.19. The number of aliphatic hydroxyl groups excluding tert-OH is 1. The molecular formula is C10H19NO4. The largest absolute Gasteiger partial charge is 0.468 e. The number of carbonyl (C=O) groups excluding carboxylic acids is 1. The molecule has 1 fully saturated rings. The summed E-state index contributed by atoms with van der Waals surface area (Å²) >= 11 is 0. The number of methoxy groups -OCH3 is 1. The standard InChI is InChI=1S/C10H19NO4/c1-10(14,6-12)5-11-8(7-3-4-7)9(13)15-2/h7-8,11-12,14H,3-6H2,1-2H3. The molecule has 2 unspecified atom stereocenters. The number of hydrogen-bond acceptors (Lipinski definition) is 5. The van der Waals surface area contributed by atoms with Crippen molar-refractivity contribution >= 4 is 5.97 Å². The van der Waals surface area contributed by atoms with E-state index in [0.717, 1.165) is 12.8 Å². The fraction of sp³-hybridized carbons (Fsp3) is 0.900. The smallest absolute Gasteiger partial charge is 0.323 e. The maximum atomic E-state index is 11.4. The Bertz CT molecular complexity index is 225. The van der Waals surface area contributed by atoms with Gasteiger partial charge in [-0.1, -0.05) is 0 Å².